The van der Waals surface area contributed by atoms with Crippen molar-refractivity contribution in [1.82, 2.24) is 20.0 Å². The van der Waals surface area contributed by atoms with Crippen molar-refractivity contribution in [3.8, 4) is 11.5 Å². The van der Waals surface area contributed by atoms with Crippen LogP contribution in [0.2, 0.25) is 0 Å². The molecule has 0 aliphatic carbocycles. The van der Waals surface area contributed by atoms with Gasteiger partial charge in [0.25, 0.3) is 0 Å². The third-order valence-electron chi connectivity index (χ3n) is 6.26. The van der Waals surface area contributed by atoms with Gasteiger partial charge in [0.1, 0.15) is 18.1 Å². The molecule has 2 saturated heterocycles. The number of rotatable bonds is 9. The minimum Gasteiger partial charge on any atom is -0.497 e. The lowest BCUT2D eigenvalue weighted by Crippen LogP contribution is -2.47. The van der Waals surface area contributed by atoms with Crippen LogP contribution in [0.3, 0.4) is 0 Å². The first-order valence-electron chi connectivity index (χ1n) is 11.5. The number of benzene rings is 2. The lowest BCUT2D eigenvalue weighted by atomic mass is 10.1. The molecular formula is C25H36N4O2. The molecule has 0 radical (unpaired) electrons. The van der Waals surface area contributed by atoms with E-state index in [1.54, 1.807) is 7.11 Å². The molecule has 0 unspecified atom stereocenters. The molecule has 2 heterocycles. The van der Waals surface area contributed by atoms with E-state index >= 15 is 0 Å². The highest BCUT2D eigenvalue weighted by Gasteiger charge is 2.18. The Balaban J connectivity index is 1.24. The number of hydrogen-bond donors (Lipinski definition) is 1. The second-order valence-electron chi connectivity index (χ2n) is 8.45. The van der Waals surface area contributed by atoms with Gasteiger partial charge < -0.3 is 14.8 Å². The van der Waals surface area contributed by atoms with E-state index in [1.807, 2.05) is 12.1 Å². The molecule has 2 aliphatic heterocycles. The van der Waals surface area contributed by atoms with Gasteiger partial charge in [-0.05, 0) is 11.6 Å². The molecule has 6 heteroatoms. The fraction of sp³-hybridized carbons (Fsp3) is 0.520. The Hall–Kier alpha value is -2.12. The van der Waals surface area contributed by atoms with Gasteiger partial charge in [-0.3, -0.25) is 14.7 Å². The average Bonchev–Trinajstić information content (AvgIpc) is 2.82. The molecule has 2 aromatic carbocycles. The SMILES string of the molecule is COc1ccc(CN2CCNCC2)c(OCCN2CCN(Cc3ccccc3)CC2)c1. The first-order chi connectivity index (χ1) is 15.3. The monoisotopic (exact) mass is 424 g/mol. The smallest absolute Gasteiger partial charge is 0.127 e. The average molecular weight is 425 g/mol. The van der Waals surface area contributed by atoms with Crippen molar-refractivity contribution >= 4 is 0 Å². The van der Waals surface area contributed by atoms with Crippen molar-refractivity contribution in [3.63, 3.8) is 0 Å². The summed E-state index contributed by atoms with van der Waals surface area (Å²) in [7, 11) is 1.71. The fourth-order valence-corrected chi connectivity index (χ4v) is 4.33. The molecule has 0 saturated carbocycles. The largest absolute Gasteiger partial charge is 0.497 e. The van der Waals surface area contributed by atoms with Crippen molar-refractivity contribution in [2.75, 3.05) is 72.6 Å². The summed E-state index contributed by atoms with van der Waals surface area (Å²) in [6.45, 7) is 12.4. The second kappa shape index (κ2) is 11.5. The molecule has 0 amide bonds. The highest BCUT2D eigenvalue weighted by Crippen LogP contribution is 2.26. The summed E-state index contributed by atoms with van der Waals surface area (Å²) >= 11 is 0. The maximum Gasteiger partial charge on any atom is 0.127 e. The van der Waals surface area contributed by atoms with E-state index in [0.717, 1.165) is 83.5 Å². The molecule has 2 aromatic rings. The lowest BCUT2D eigenvalue weighted by molar-refractivity contribution is 0.112. The summed E-state index contributed by atoms with van der Waals surface area (Å²) in [4.78, 5) is 7.54. The predicted octanol–water partition coefficient (Wildman–Crippen LogP) is 2.30. The maximum atomic E-state index is 6.27. The van der Waals surface area contributed by atoms with Crippen molar-refractivity contribution < 1.29 is 9.47 Å². The molecule has 2 aliphatic rings. The van der Waals surface area contributed by atoms with Gasteiger partial charge in [-0.2, -0.15) is 0 Å². The predicted molar refractivity (Wildman–Crippen MR) is 125 cm³/mol. The van der Waals surface area contributed by atoms with Crippen LogP contribution in [0.15, 0.2) is 48.5 Å². The number of nitrogens with one attached hydrogen (secondary N) is 1. The summed E-state index contributed by atoms with van der Waals surface area (Å²) in [5.41, 5.74) is 2.64. The van der Waals surface area contributed by atoms with E-state index in [1.165, 1.54) is 11.1 Å². The van der Waals surface area contributed by atoms with Crippen LogP contribution in [0.1, 0.15) is 11.1 Å². The van der Waals surface area contributed by atoms with Crippen LogP contribution in [0, 0.1) is 0 Å². The number of hydrogen-bond acceptors (Lipinski definition) is 6. The Morgan fingerprint density at radius 3 is 2.26 bits per heavy atom. The Labute approximate surface area is 186 Å². The molecule has 4 rings (SSSR count). The van der Waals surface area contributed by atoms with E-state index < -0.39 is 0 Å². The highest BCUT2D eigenvalue weighted by atomic mass is 16.5. The molecule has 2 fully saturated rings. The van der Waals surface area contributed by atoms with Crippen molar-refractivity contribution in [3.05, 3.63) is 59.7 Å². The number of ether oxygens (including phenoxy) is 2. The van der Waals surface area contributed by atoms with Crippen LogP contribution in [-0.2, 0) is 13.1 Å². The normalized spacial score (nSPS) is 18.7. The Morgan fingerprint density at radius 2 is 1.52 bits per heavy atom. The standard InChI is InChI=1S/C25H36N4O2/c1-30-24-8-7-23(21-28-11-9-26-10-12-28)25(19-24)31-18-17-27-13-15-29(16-14-27)20-22-5-3-2-4-6-22/h2-8,19,26H,9-18,20-21H2,1H3. The van der Waals surface area contributed by atoms with Gasteiger partial charge in [0.2, 0.25) is 0 Å². The topological polar surface area (TPSA) is 40.2 Å². The summed E-state index contributed by atoms with van der Waals surface area (Å²) in [5.74, 6) is 1.81. The van der Waals surface area contributed by atoms with Crippen LogP contribution >= 0.6 is 0 Å². The molecule has 0 spiro atoms. The van der Waals surface area contributed by atoms with Gasteiger partial charge in [-0.1, -0.05) is 36.4 Å². The van der Waals surface area contributed by atoms with Gasteiger partial charge in [-0.25, -0.2) is 0 Å². The van der Waals surface area contributed by atoms with Crippen LogP contribution < -0.4 is 14.8 Å². The number of nitrogens with zero attached hydrogens (tertiary/aromatic N) is 3. The summed E-state index contributed by atoms with van der Waals surface area (Å²) in [5, 5.41) is 3.42. The summed E-state index contributed by atoms with van der Waals surface area (Å²) < 4.78 is 11.7. The summed E-state index contributed by atoms with van der Waals surface area (Å²) in [6.07, 6.45) is 0. The zero-order valence-electron chi connectivity index (χ0n) is 18.8. The Kier molecular flexibility index (Phi) is 8.18. The van der Waals surface area contributed by atoms with E-state index in [9.17, 15) is 0 Å². The van der Waals surface area contributed by atoms with Crippen molar-refractivity contribution in [2.45, 2.75) is 13.1 Å². The van der Waals surface area contributed by atoms with E-state index in [0.29, 0.717) is 6.61 Å². The minimum atomic E-state index is 0.709. The van der Waals surface area contributed by atoms with Gasteiger partial charge >= 0.3 is 0 Å². The molecule has 6 nitrogen and oxygen atoms in total. The fourth-order valence-electron chi connectivity index (χ4n) is 4.33. The number of methoxy groups -OCH3 is 1. The minimum absolute atomic E-state index is 0.709. The van der Waals surface area contributed by atoms with Crippen molar-refractivity contribution in [1.29, 1.82) is 0 Å². The van der Waals surface area contributed by atoms with Gasteiger partial charge in [0, 0.05) is 83.6 Å². The molecular weight excluding hydrogens is 388 g/mol. The summed E-state index contributed by atoms with van der Waals surface area (Å²) in [6, 6.07) is 17.0. The first kappa shape index (κ1) is 22.1. The zero-order valence-corrected chi connectivity index (χ0v) is 18.8. The van der Waals surface area contributed by atoms with Gasteiger partial charge in [0.15, 0.2) is 0 Å². The maximum absolute atomic E-state index is 6.27. The van der Waals surface area contributed by atoms with Crippen LogP contribution in [0.4, 0.5) is 0 Å². The van der Waals surface area contributed by atoms with Crippen molar-refractivity contribution in [2.24, 2.45) is 0 Å². The Morgan fingerprint density at radius 1 is 0.806 bits per heavy atom. The molecule has 0 atom stereocenters. The zero-order chi connectivity index (χ0) is 21.3. The Bertz CT molecular complexity index is 787. The van der Waals surface area contributed by atoms with Gasteiger partial charge in [-0.15, -0.1) is 0 Å². The van der Waals surface area contributed by atoms with Crippen LogP contribution in [-0.4, -0.2) is 87.3 Å². The first-order valence-corrected chi connectivity index (χ1v) is 11.5. The molecule has 0 bridgehead atoms. The highest BCUT2D eigenvalue weighted by molar-refractivity contribution is 5.40. The van der Waals surface area contributed by atoms with E-state index in [-0.39, 0.29) is 0 Å². The quantitative estimate of drug-likeness (QED) is 0.666. The van der Waals surface area contributed by atoms with Crippen LogP contribution in [0.5, 0.6) is 11.5 Å². The molecule has 31 heavy (non-hydrogen) atoms. The second-order valence-corrected chi connectivity index (χ2v) is 8.45. The lowest BCUT2D eigenvalue weighted by Gasteiger charge is -2.34. The van der Waals surface area contributed by atoms with Gasteiger partial charge in [0.05, 0.1) is 7.11 Å². The molecule has 168 valence electrons. The van der Waals surface area contributed by atoms with E-state index in [2.05, 4.69) is 56.4 Å². The number of piperazine rings is 2. The third-order valence-corrected chi connectivity index (χ3v) is 6.26. The molecule has 0 aromatic heterocycles. The van der Waals surface area contributed by atoms with E-state index in [4.69, 9.17) is 9.47 Å². The molecule has 1 N–H and O–H groups in total. The van der Waals surface area contributed by atoms with Crippen LogP contribution in [0.25, 0.3) is 0 Å². The third kappa shape index (κ3) is 6.68.